The average Bonchev–Trinajstić information content (AvgIpc) is 3.08. The van der Waals surface area contributed by atoms with Crippen LogP contribution in [-0.4, -0.2) is 44.1 Å². The van der Waals surface area contributed by atoms with Gasteiger partial charge in [0.05, 0.1) is 12.6 Å². The molecule has 0 bridgehead atoms. The number of hydrogen-bond acceptors (Lipinski definition) is 4. The second-order valence-electron chi connectivity index (χ2n) is 5.06. The first-order valence-electron chi connectivity index (χ1n) is 6.82. The first-order chi connectivity index (χ1) is 9.31. The minimum absolute atomic E-state index is 0.498. The SMILES string of the molecule is Nc1ccn(C2CCN(CCn3cccn3)CC2)n1. The summed E-state index contributed by atoms with van der Waals surface area (Å²) in [6.45, 7) is 4.26. The van der Waals surface area contributed by atoms with E-state index in [1.165, 1.54) is 0 Å². The number of hydrogen-bond donors (Lipinski definition) is 1. The number of piperidine rings is 1. The van der Waals surface area contributed by atoms with Crippen LogP contribution < -0.4 is 5.73 Å². The molecule has 1 aliphatic rings. The summed E-state index contributed by atoms with van der Waals surface area (Å²) in [7, 11) is 0. The van der Waals surface area contributed by atoms with Crippen LogP contribution in [0.4, 0.5) is 5.82 Å². The highest BCUT2D eigenvalue weighted by atomic mass is 15.3. The molecule has 0 aliphatic carbocycles. The zero-order chi connectivity index (χ0) is 13.1. The van der Waals surface area contributed by atoms with E-state index in [4.69, 9.17) is 5.73 Å². The first kappa shape index (κ1) is 12.2. The maximum atomic E-state index is 5.66. The Bertz CT molecular complexity index is 495. The summed E-state index contributed by atoms with van der Waals surface area (Å²) in [5.74, 6) is 0.612. The lowest BCUT2D eigenvalue weighted by Gasteiger charge is -2.31. The van der Waals surface area contributed by atoms with Crippen LogP contribution in [0.15, 0.2) is 30.7 Å². The fraction of sp³-hybridized carbons (Fsp3) is 0.538. The molecule has 3 heterocycles. The van der Waals surface area contributed by atoms with Gasteiger partial charge in [0.15, 0.2) is 0 Å². The summed E-state index contributed by atoms with van der Waals surface area (Å²) < 4.78 is 4.00. The standard InChI is InChI=1S/C13H20N6/c14-13-4-9-19(16-13)12-2-7-17(8-3-12)10-11-18-6-1-5-15-18/h1,4-6,9,12H,2-3,7-8,10-11H2,(H2,14,16). The predicted molar refractivity (Wildman–Crippen MR) is 73.6 cm³/mol. The van der Waals surface area contributed by atoms with Crippen LogP contribution in [0, 0.1) is 0 Å². The van der Waals surface area contributed by atoms with Crippen molar-refractivity contribution in [1.29, 1.82) is 0 Å². The van der Waals surface area contributed by atoms with Gasteiger partial charge in [-0.05, 0) is 25.0 Å². The molecule has 0 saturated carbocycles. The normalized spacial score (nSPS) is 17.9. The minimum Gasteiger partial charge on any atom is -0.382 e. The Morgan fingerprint density at radius 1 is 1.21 bits per heavy atom. The van der Waals surface area contributed by atoms with Crippen molar-refractivity contribution in [2.75, 3.05) is 25.4 Å². The summed E-state index contributed by atoms with van der Waals surface area (Å²) in [5, 5.41) is 8.54. The number of nitrogen functional groups attached to an aromatic ring is 1. The van der Waals surface area contributed by atoms with Gasteiger partial charge in [-0.25, -0.2) is 0 Å². The zero-order valence-corrected chi connectivity index (χ0v) is 11.0. The van der Waals surface area contributed by atoms with Crippen LogP contribution >= 0.6 is 0 Å². The van der Waals surface area contributed by atoms with Gasteiger partial charge in [0, 0.05) is 38.2 Å². The summed E-state index contributed by atoms with van der Waals surface area (Å²) >= 11 is 0. The van der Waals surface area contributed by atoms with Gasteiger partial charge in [-0.1, -0.05) is 0 Å². The van der Waals surface area contributed by atoms with Crippen molar-refractivity contribution in [2.24, 2.45) is 0 Å². The van der Waals surface area contributed by atoms with E-state index >= 15 is 0 Å². The lowest BCUT2D eigenvalue weighted by atomic mass is 10.1. The summed E-state index contributed by atoms with van der Waals surface area (Å²) in [5.41, 5.74) is 5.66. The van der Waals surface area contributed by atoms with E-state index in [9.17, 15) is 0 Å². The molecule has 0 radical (unpaired) electrons. The third-order valence-corrected chi connectivity index (χ3v) is 3.76. The van der Waals surface area contributed by atoms with Crippen LogP contribution in [0.1, 0.15) is 18.9 Å². The molecule has 102 valence electrons. The Balaban J connectivity index is 1.47. The van der Waals surface area contributed by atoms with Gasteiger partial charge < -0.3 is 10.6 Å². The molecule has 0 amide bonds. The lowest BCUT2D eigenvalue weighted by molar-refractivity contribution is 0.173. The fourth-order valence-corrected chi connectivity index (χ4v) is 2.64. The molecule has 19 heavy (non-hydrogen) atoms. The molecule has 1 fully saturated rings. The molecule has 0 atom stereocenters. The number of anilines is 1. The highest BCUT2D eigenvalue weighted by molar-refractivity contribution is 5.24. The van der Waals surface area contributed by atoms with Crippen LogP contribution in [-0.2, 0) is 6.54 Å². The topological polar surface area (TPSA) is 64.9 Å². The first-order valence-corrected chi connectivity index (χ1v) is 6.82. The maximum absolute atomic E-state index is 5.66. The van der Waals surface area contributed by atoms with Gasteiger partial charge in [0.1, 0.15) is 5.82 Å². The average molecular weight is 260 g/mol. The number of likely N-dealkylation sites (tertiary alicyclic amines) is 1. The van der Waals surface area contributed by atoms with Gasteiger partial charge in [-0.3, -0.25) is 9.36 Å². The van der Waals surface area contributed by atoms with Crippen LogP contribution in [0.25, 0.3) is 0 Å². The molecule has 1 aliphatic heterocycles. The van der Waals surface area contributed by atoms with Gasteiger partial charge in [-0.2, -0.15) is 10.2 Å². The third kappa shape index (κ3) is 2.96. The van der Waals surface area contributed by atoms with Crippen LogP contribution in [0.2, 0.25) is 0 Å². The minimum atomic E-state index is 0.498. The Hall–Kier alpha value is -1.82. The van der Waals surface area contributed by atoms with E-state index in [2.05, 4.69) is 15.1 Å². The van der Waals surface area contributed by atoms with Gasteiger partial charge in [-0.15, -0.1) is 0 Å². The molecule has 6 heteroatoms. The van der Waals surface area contributed by atoms with Crippen molar-refractivity contribution in [1.82, 2.24) is 24.5 Å². The molecule has 1 saturated heterocycles. The quantitative estimate of drug-likeness (QED) is 0.890. The van der Waals surface area contributed by atoms with E-state index in [0.29, 0.717) is 11.9 Å². The zero-order valence-electron chi connectivity index (χ0n) is 11.0. The number of rotatable bonds is 4. The number of nitrogens with two attached hydrogens (primary N) is 1. The maximum Gasteiger partial charge on any atom is 0.145 e. The smallest absolute Gasteiger partial charge is 0.145 e. The van der Waals surface area contributed by atoms with Crippen molar-refractivity contribution in [3.8, 4) is 0 Å². The summed E-state index contributed by atoms with van der Waals surface area (Å²) in [6.07, 6.45) is 8.10. The third-order valence-electron chi connectivity index (χ3n) is 3.76. The summed E-state index contributed by atoms with van der Waals surface area (Å²) in [6, 6.07) is 4.33. The van der Waals surface area contributed by atoms with Gasteiger partial charge >= 0.3 is 0 Å². The van der Waals surface area contributed by atoms with Crippen molar-refractivity contribution >= 4 is 5.82 Å². The largest absolute Gasteiger partial charge is 0.382 e. The van der Waals surface area contributed by atoms with Crippen molar-refractivity contribution in [2.45, 2.75) is 25.4 Å². The molecule has 2 N–H and O–H groups in total. The Labute approximate surface area is 112 Å². The Morgan fingerprint density at radius 3 is 2.68 bits per heavy atom. The van der Waals surface area contributed by atoms with Crippen LogP contribution in [0.5, 0.6) is 0 Å². The molecule has 2 aromatic heterocycles. The molecule has 6 nitrogen and oxygen atoms in total. The molecule has 2 aromatic rings. The van der Waals surface area contributed by atoms with Gasteiger partial charge in [0.25, 0.3) is 0 Å². The van der Waals surface area contributed by atoms with E-state index in [1.54, 1.807) is 0 Å². The number of nitrogens with zero attached hydrogens (tertiary/aromatic N) is 5. The second-order valence-corrected chi connectivity index (χ2v) is 5.06. The highest BCUT2D eigenvalue weighted by Gasteiger charge is 2.20. The molecule has 3 rings (SSSR count). The molecule has 0 spiro atoms. The van der Waals surface area contributed by atoms with E-state index in [0.717, 1.165) is 39.0 Å². The van der Waals surface area contributed by atoms with Gasteiger partial charge in [0.2, 0.25) is 0 Å². The molecule has 0 aromatic carbocycles. The lowest BCUT2D eigenvalue weighted by Crippen LogP contribution is -2.36. The van der Waals surface area contributed by atoms with Crippen LogP contribution in [0.3, 0.4) is 0 Å². The van der Waals surface area contributed by atoms with Crippen molar-refractivity contribution < 1.29 is 0 Å². The van der Waals surface area contributed by atoms with E-state index < -0.39 is 0 Å². The summed E-state index contributed by atoms with van der Waals surface area (Å²) in [4.78, 5) is 2.49. The Morgan fingerprint density at radius 2 is 2.05 bits per heavy atom. The monoisotopic (exact) mass is 260 g/mol. The Kier molecular flexibility index (Phi) is 3.50. The van der Waals surface area contributed by atoms with E-state index in [-0.39, 0.29) is 0 Å². The molecular formula is C13H20N6. The van der Waals surface area contributed by atoms with Crippen molar-refractivity contribution in [3.63, 3.8) is 0 Å². The molecule has 0 unspecified atom stereocenters. The fourth-order valence-electron chi connectivity index (χ4n) is 2.64. The van der Waals surface area contributed by atoms with E-state index in [1.807, 2.05) is 40.1 Å². The van der Waals surface area contributed by atoms with Crippen molar-refractivity contribution in [3.05, 3.63) is 30.7 Å². The predicted octanol–water partition coefficient (Wildman–Crippen LogP) is 0.999. The number of aromatic nitrogens is 4. The second kappa shape index (κ2) is 5.44. The highest BCUT2D eigenvalue weighted by Crippen LogP contribution is 2.22. The molecular weight excluding hydrogens is 240 g/mol.